The summed E-state index contributed by atoms with van der Waals surface area (Å²) in [6, 6.07) is 8.03. The number of nitrogens with one attached hydrogen (secondary N) is 2. The fourth-order valence-corrected chi connectivity index (χ4v) is 5.44. The first-order valence-corrected chi connectivity index (χ1v) is 11.2. The van der Waals surface area contributed by atoms with Crippen LogP contribution in [0.1, 0.15) is 33.5 Å². The van der Waals surface area contributed by atoms with Crippen LogP contribution >= 0.6 is 22.9 Å². The summed E-state index contributed by atoms with van der Waals surface area (Å²) in [7, 11) is -3.64. The van der Waals surface area contributed by atoms with Crippen molar-refractivity contribution >= 4 is 38.9 Å². The lowest BCUT2D eigenvalue weighted by Crippen LogP contribution is -2.34. The average molecular weight is 413 g/mol. The van der Waals surface area contributed by atoms with Gasteiger partial charge in [-0.1, -0.05) is 24.6 Å². The summed E-state index contributed by atoms with van der Waals surface area (Å²) >= 11 is 7.37. The van der Waals surface area contributed by atoms with Crippen LogP contribution in [0.5, 0.6) is 0 Å². The van der Waals surface area contributed by atoms with Gasteiger partial charge in [0.25, 0.3) is 5.91 Å². The Hall–Kier alpha value is -1.41. The molecule has 5 nitrogen and oxygen atoms in total. The summed E-state index contributed by atoms with van der Waals surface area (Å²) in [5.41, 5.74) is 1.28. The molecule has 3 rings (SSSR count). The standard InChI is InChI=1S/C18H21ClN2O3S2/c1-12-5-6-16-13(9-12)10-17(25-16)18(22)20-7-8-21-26(23,24)15-4-2-3-14(19)11-15/h2-4,10-12,21H,5-9H2,1H3,(H,20,22)/t12-/m1/s1. The van der Waals surface area contributed by atoms with Gasteiger partial charge in [-0.25, -0.2) is 13.1 Å². The van der Waals surface area contributed by atoms with Crippen LogP contribution in [-0.4, -0.2) is 27.4 Å². The topological polar surface area (TPSA) is 75.3 Å². The number of hydrogen-bond acceptors (Lipinski definition) is 4. The van der Waals surface area contributed by atoms with Gasteiger partial charge in [0.1, 0.15) is 0 Å². The molecule has 1 heterocycles. The lowest BCUT2D eigenvalue weighted by atomic mass is 9.90. The van der Waals surface area contributed by atoms with E-state index in [0.717, 1.165) is 12.8 Å². The molecule has 1 aliphatic carbocycles. The van der Waals surface area contributed by atoms with Crippen molar-refractivity contribution in [2.75, 3.05) is 13.1 Å². The van der Waals surface area contributed by atoms with E-state index >= 15 is 0 Å². The largest absolute Gasteiger partial charge is 0.350 e. The number of hydrogen-bond donors (Lipinski definition) is 2. The van der Waals surface area contributed by atoms with Crippen LogP contribution in [0.15, 0.2) is 35.2 Å². The van der Waals surface area contributed by atoms with Crippen molar-refractivity contribution in [2.45, 2.75) is 31.1 Å². The van der Waals surface area contributed by atoms with E-state index in [9.17, 15) is 13.2 Å². The fraction of sp³-hybridized carbons (Fsp3) is 0.389. The van der Waals surface area contributed by atoms with Crippen LogP contribution in [0.4, 0.5) is 0 Å². The third kappa shape index (κ3) is 4.65. The summed E-state index contributed by atoms with van der Waals surface area (Å²) in [5, 5.41) is 3.13. The lowest BCUT2D eigenvalue weighted by molar-refractivity contribution is 0.0958. The number of thiophene rings is 1. The molecule has 2 N–H and O–H groups in total. The van der Waals surface area contributed by atoms with Gasteiger partial charge < -0.3 is 5.32 Å². The zero-order valence-corrected chi connectivity index (χ0v) is 16.8. The van der Waals surface area contributed by atoms with Crippen LogP contribution in [0.3, 0.4) is 0 Å². The summed E-state index contributed by atoms with van der Waals surface area (Å²) in [4.78, 5) is 14.4. The molecule has 140 valence electrons. The minimum absolute atomic E-state index is 0.108. The van der Waals surface area contributed by atoms with Gasteiger partial charge in [0.15, 0.2) is 0 Å². The van der Waals surface area contributed by atoms with Gasteiger partial charge in [-0.3, -0.25) is 4.79 Å². The molecule has 26 heavy (non-hydrogen) atoms. The third-order valence-corrected chi connectivity index (χ3v) is 7.29. The molecule has 1 atom stereocenters. The number of sulfonamides is 1. The Balaban J connectivity index is 1.51. The SMILES string of the molecule is C[C@@H]1CCc2sc(C(=O)NCCNS(=O)(=O)c3cccc(Cl)c3)cc2C1. The second-order valence-corrected chi connectivity index (χ2v) is 9.86. The van der Waals surface area contributed by atoms with Crippen LogP contribution in [-0.2, 0) is 22.9 Å². The summed E-state index contributed by atoms with van der Waals surface area (Å²) in [6.07, 6.45) is 3.23. The Kier molecular flexibility index (Phi) is 6.02. The van der Waals surface area contributed by atoms with Crippen LogP contribution in [0, 0.1) is 5.92 Å². The predicted octanol–water partition coefficient (Wildman–Crippen LogP) is 3.23. The van der Waals surface area contributed by atoms with Crippen molar-refractivity contribution in [1.82, 2.24) is 10.0 Å². The molecule has 1 aromatic carbocycles. The second-order valence-electron chi connectivity index (χ2n) is 6.52. The molecule has 0 saturated heterocycles. The zero-order valence-electron chi connectivity index (χ0n) is 14.4. The number of benzene rings is 1. The summed E-state index contributed by atoms with van der Waals surface area (Å²) in [6.45, 7) is 2.56. The molecule has 1 amide bonds. The molecule has 2 aromatic rings. The van der Waals surface area contributed by atoms with E-state index in [2.05, 4.69) is 17.0 Å². The molecule has 1 aliphatic rings. The summed E-state index contributed by atoms with van der Waals surface area (Å²) < 4.78 is 26.8. The van der Waals surface area contributed by atoms with Crippen molar-refractivity contribution in [3.05, 3.63) is 50.7 Å². The van der Waals surface area contributed by atoms with Gasteiger partial charge in [-0.15, -0.1) is 11.3 Å². The lowest BCUT2D eigenvalue weighted by Gasteiger charge is -2.16. The first kappa shape index (κ1) is 19.4. The highest BCUT2D eigenvalue weighted by atomic mass is 35.5. The molecule has 0 saturated carbocycles. The highest BCUT2D eigenvalue weighted by molar-refractivity contribution is 7.89. The molecule has 1 aromatic heterocycles. The Morgan fingerprint density at radius 1 is 1.31 bits per heavy atom. The number of amides is 1. The van der Waals surface area contributed by atoms with Gasteiger partial charge >= 0.3 is 0 Å². The van der Waals surface area contributed by atoms with E-state index in [1.54, 1.807) is 23.5 Å². The van der Waals surface area contributed by atoms with Crippen molar-refractivity contribution in [3.8, 4) is 0 Å². The molecular formula is C18H21ClN2O3S2. The van der Waals surface area contributed by atoms with E-state index in [0.29, 0.717) is 15.8 Å². The Labute approximate surface area is 162 Å². The number of carbonyl (C=O) groups is 1. The van der Waals surface area contributed by atoms with Gasteiger partial charge in [-0.05, 0) is 55.0 Å². The Morgan fingerprint density at radius 3 is 2.88 bits per heavy atom. The molecule has 0 spiro atoms. The highest BCUT2D eigenvalue weighted by Gasteiger charge is 2.20. The fourth-order valence-electron chi connectivity index (χ4n) is 2.98. The first-order valence-electron chi connectivity index (χ1n) is 8.50. The zero-order chi connectivity index (χ0) is 18.7. The predicted molar refractivity (Wildman–Crippen MR) is 104 cm³/mol. The van der Waals surface area contributed by atoms with Crippen molar-refractivity contribution < 1.29 is 13.2 Å². The maximum absolute atomic E-state index is 12.3. The molecular weight excluding hydrogens is 392 g/mol. The molecule has 0 fully saturated rings. The van der Waals surface area contributed by atoms with Gasteiger partial charge in [0.2, 0.25) is 10.0 Å². The quantitative estimate of drug-likeness (QED) is 0.715. The molecule has 0 radical (unpaired) electrons. The first-order chi connectivity index (χ1) is 12.3. The second kappa shape index (κ2) is 8.08. The average Bonchev–Trinajstić information content (AvgIpc) is 3.02. The molecule has 0 aliphatic heterocycles. The normalized spacial score (nSPS) is 16.9. The van der Waals surface area contributed by atoms with E-state index in [-0.39, 0.29) is 23.9 Å². The monoisotopic (exact) mass is 412 g/mol. The Morgan fingerprint density at radius 2 is 2.12 bits per heavy atom. The van der Waals surface area contributed by atoms with Crippen LogP contribution in [0.25, 0.3) is 0 Å². The van der Waals surface area contributed by atoms with E-state index in [1.807, 2.05) is 6.07 Å². The molecule has 0 unspecified atom stereocenters. The molecule has 0 bridgehead atoms. The minimum Gasteiger partial charge on any atom is -0.350 e. The Bertz CT molecular complexity index is 909. The van der Waals surface area contributed by atoms with E-state index in [4.69, 9.17) is 11.6 Å². The smallest absolute Gasteiger partial charge is 0.261 e. The van der Waals surface area contributed by atoms with Crippen LogP contribution < -0.4 is 10.0 Å². The summed E-state index contributed by atoms with van der Waals surface area (Å²) in [5.74, 6) is 0.507. The number of halogens is 1. The van der Waals surface area contributed by atoms with Gasteiger partial charge in [0, 0.05) is 23.0 Å². The van der Waals surface area contributed by atoms with Gasteiger partial charge in [0.05, 0.1) is 9.77 Å². The molecule has 8 heteroatoms. The number of rotatable bonds is 6. The van der Waals surface area contributed by atoms with E-state index in [1.165, 1.54) is 29.0 Å². The number of aryl methyl sites for hydroxylation is 1. The van der Waals surface area contributed by atoms with E-state index < -0.39 is 10.0 Å². The minimum atomic E-state index is -3.64. The van der Waals surface area contributed by atoms with Crippen molar-refractivity contribution in [3.63, 3.8) is 0 Å². The van der Waals surface area contributed by atoms with Crippen molar-refractivity contribution in [1.29, 1.82) is 0 Å². The number of carbonyl (C=O) groups excluding carboxylic acids is 1. The third-order valence-electron chi connectivity index (χ3n) is 4.36. The van der Waals surface area contributed by atoms with Crippen LogP contribution in [0.2, 0.25) is 5.02 Å². The highest BCUT2D eigenvalue weighted by Crippen LogP contribution is 2.32. The maximum atomic E-state index is 12.3. The van der Waals surface area contributed by atoms with Gasteiger partial charge in [-0.2, -0.15) is 0 Å². The number of fused-ring (bicyclic) bond motifs is 1. The maximum Gasteiger partial charge on any atom is 0.261 e. The van der Waals surface area contributed by atoms with Crippen molar-refractivity contribution in [2.24, 2.45) is 5.92 Å².